The Labute approximate surface area is 153 Å². The Morgan fingerprint density at radius 1 is 1.00 bits per heavy atom. The Balaban J connectivity index is 1.56. The molecule has 0 unspecified atom stereocenters. The van der Waals surface area contributed by atoms with E-state index in [1.165, 1.54) is 0 Å². The summed E-state index contributed by atoms with van der Waals surface area (Å²) in [5.74, 6) is -0.146. The maximum absolute atomic E-state index is 12.6. The van der Waals surface area contributed by atoms with Crippen molar-refractivity contribution in [3.8, 4) is 0 Å². The van der Waals surface area contributed by atoms with E-state index in [0.29, 0.717) is 17.7 Å². The van der Waals surface area contributed by atoms with Gasteiger partial charge in [-0.2, -0.15) is 0 Å². The molecule has 0 bridgehead atoms. The van der Waals surface area contributed by atoms with Crippen LogP contribution in [-0.2, 0) is 6.54 Å². The number of benzene rings is 1. The monoisotopic (exact) mass is 352 g/mol. The first kappa shape index (κ1) is 18.1. The molecule has 2 aromatic rings. The number of rotatable bonds is 5. The van der Waals surface area contributed by atoms with Gasteiger partial charge in [0.15, 0.2) is 0 Å². The highest BCUT2D eigenvalue weighted by Crippen LogP contribution is 2.11. The summed E-state index contributed by atoms with van der Waals surface area (Å²) in [5, 5.41) is 2.84. The van der Waals surface area contributed by atoms with Crippen LogP contribution in [0.25, 0.3) is 0 Å². The Morgan fingerprint density at radius 2 is 1.69 bits per heavy atom. The second-order valence-corrected chi connectivity index (χ2v) is 6.31. The molecular weight excluding hydrogens is 328 g/mol. The van der Waals surface area contributed by atoms with Crippen molar-refractivity contribution in [1.82, 2.24) is 20.1 Å². The van der Waals surface area contributed by atoms with Gasteiger partial charge in [0.1, 0.15) is 0 Å². The molecule has 1 aromatic heterocycles. The van der Waals surface area contributed by atoms with Crippen molar-refractivity contribution in [3.63, 3.8) is 0 Å². The Bertz CT molecular complexity index is 738. The van der Waals surface area contributed by atoms with Crippen LogP contribution < -0.4 is 5.32 Å². The molecule has 0 radical (unpaired) electrons. The molecule has 1 aromatic carbocycles. The van der Waals surface area contributed by atoms with Crippen LogP contribution in [0, 0.1) is 0 Å². The highest BCUT2D eigenvalue weighted by Gasteiger charge is 2.21. The molecule has 0 atom stereocenters. The molecule has 1 saturated heterocycles. The summed E-state index contributed by atoms with van der Waals surface area (Å²) in [5.41, 5.74) is 1.96. The number of aromatic nitrogens is 1. The van der Waals surface area contributed by atoms with E-state index in [4.69, 9.17) is 0 Å². The lowest BCUT2D eigenvalue weighted by Crippen LogP contribution is -2.48. The molecule has 6 heteroatoms. The number of amides is 2. The summed E-state index contributed by atoms with van der Waals surface area (Å²) >= 11 is 0. The summed E-state index contributed by atoms with van der Waals surface area (Å²) in [6.45, 7) is 6.85. The van der Waals surface area contributed by atoms with Gasteiger partial charge in [-0.1, -0.05) is 13.0 Å². The van der Waals surface area contributed by atoms with Crippen molar-refractivity contribution < 1.29 is 9.59 Å². The van der Waals surface area contributed by atoms with E-state index in [-0.39, 0.29) is 11.8 Å². The maximum Gasteiger partial charge on any atom is 0.253 e. The maximum atomic E-state index is 12.6. The van der Waals surface area contributed by atoms with Crippen LogP contribution in [0.5, 0.6) is 0 Å². The molecule has 6 nitrogen and oxygen atoms in total. The molecule has 1 aliphatic heterocycles. The van der Waals surface area contributed by atoms with Crippen molar-refractivity contribution in [2.45, 2.75) is 13.5 Å². The lowest BCUT2D eigenvalue weighted by molar-refractivity contribution is 0.0643. The quantitative estimate of drug-likeness (QED) is 0.891. The highest BCUT2D eigenvalue weighted by molar-refractivity contribution is 5.97. The van der Waals surface area contributed by atoms with Crippen LogP contribution in [-0.4, -0.2) is 59.3 Å². The van der Waals surface area contributed by atoms with E-state index in [9.17, 15) is 9.59 Å². The molecular formula is C20H24N4O2. The fraction of sp³-hybridized carbons (Fsp3) is 0.350. The van der Waals surface area contributed by atoms with E-state index >= 15 is 0 Å². The first-order chi connectivity index (χ1) is 12.7. The third-order valence-electron chi connectivity index (χ3n) is 4.66. The van der Waals surface area contributed by atoms with Crippen molar-refractivity contribution >= 4 is 11.8 Å². The van der Waals surface area contributed by atoms with Crippen LogP contribution >= 0.6 is 0 Å². The minimum Gasteiger partial charge on any atom is -0.346 e. The number of hydrogen-bond acceptors (Lipinski definition) is 4. The predicted octanol–water partition coefficient (Wildman–Crippen LogP) is 1.79. The van der Waals surface area contributed by atoms with Crippen LogP contribution in [0.3, 0.4) is 0 Å². The molecule has 0 aliphatic carbocycles. The number of nitrogens with zero attached hydrogens (tertiary/aromatic N) is 3. The van der Waals surface area contributed by atoms with Crippen LogP contribution in [0.1, 0.15) is 33.3 Å². The SMILES string of the molecule is CCN1CCN(C(=O)c2ccc(C(=O)NCc3ccccn3)cc2)CC1. The van der Waals surface area contributed by atoms with Crippen molar-refractivity contribution in [3.05, 3.63) is 65.5 Å². The summed E-state index contributed by atoms with van der Waals surface area (Å²) in [7, 11) is 0. The molecule has 2 amide bonds. The van der Waals surface area contributed by atoms with E-state index < -0.39 is 0 Å². The number of likely N-dealkylation sites (N-methyl/N-ethyl adjacent to an activating group) is 1. The lowest BCUT2D eigenvalue weighted by atomic mass is 10.1. The largest absolute Gasteiger partial charge is 0.346 e. The summed E-state index contributed by atoms with van der Waals surface area (Å²) in [4.78, 5) is 33.2. The first-order valence-electron chi connectivity index (χ1n) is 8.97. The third kappa shape index (κ3) is 4.46. The van der Waals surface area contributed by atoms with E-state index in [2.05, 4.69) is 22.1 Å². The fourth-order valence-electron chi connectivity index (χ4n) is 2.99. The second-order valence-electron chi connectivity index (χ2n) is 6.31. The van der Waals surface area contributed by atoms with Gasteiger partial charge >= 0.3 is 0 Å². The summed E-state index contributed by atoms with van der Waals surface area (Å²) in [6, 6.07) is 12.4. The van der Waals surface area contributed by atoms with Crippen molar-refractivity contribution in [2.75, 3.05) is 32.7 Å². The van der Waals surface area contributed by atoms with Crippen molar-refractivity contribution in [2.24, 2.45) is 0 Å². The molecule has 2 heterocycles. The van der Waals surface area contributed by atoms with Gasteiger partial charge in [-0.25, -0.2) is 0 Å². The molecule has 1 aliphatic rings. The average molecular weight is 352 g/mol. The Kier molecular flexibility index (Phi) is 5.96. The molecule has 3 rings (SSSR count). The zero-order valence-electron chi connectivity index (χ0n) is 15.0. The van der Waals surface area contributed by atoms with Gasteiger partial charge in [0.25, 0.3) is 11.8 Å². The fourth-order valence-corrected chi connectivity index (χ4v) is 2.99. The third-order valence-corrected chi connectivity index (χ3v) is 4.66. The summed E-state index contributed by atoms with van der Waals surface area (Å²) in [6.07, 6.45) is 1.70. The van der Waals surface area contributed by atoms with Gasteiger partial charge in [0.05, 0.1) is 12.2 Å². The number of piperazine rings is 1. The standard InChI is InChI=1S/C20H24N4O2/c1-2-23-11-13-24(14-12-23)20(26)17-8-6-16(7-9-17)19(25)22-15-18-5-3-4-10-21-18/h3-10H,2,11-15H2,1H3,(H,22,25). The van der Waals surface area contributed by atoms with Crippen LogP contribution in [0.15, 0.2) is 48.7 Å². The van der Waals surface area contributed by atoms with Gasteiger partial charge in [-0.05, 0) is 42.9 Å². The lowest BCUT2D eigenvalue weighted by Gasteiger charge is -2.34. The average Bonchev–Trinajstić information content (AvgIpc) is 2.72. The van der Waals surface area contributed by atoms with Gasteiger partial charge < -0.3 is 15.1 Å². The minimum atomic E-state index is -0.175. The first-order valence-corrected chi connectivity index (χ1v) is 8.97. The Morgan fingerprint density at radius 3 is 2.31 bits per heavy atom. The zero-order valence-corrected chi connectivity index (χ0v) is 15.0. The summed E-state index contributed by atoms with van der Waals surface area (Å²) < 4.78 is 0. The molecule has 0 spiro atoms. The van der Waals surface area contributed by atoms with Gasteiger partial charge in [0, 0.05) is 43.5 Å². The van der Waals surface area contributed by atoms with Crippen LogP contribution in [0.4, 0.5) is 0 Å². The smallest absolute Gasteiger partial charge is 0.253 e. The number of nitrogens with one attached hydrogen (secondary N) is 1. The predicted molar refractivity (Wildman–Crippen MR) is 99.9 cm³/mol. The van der Waals surface area contributed by atoms with Crippen molar-refractivity contribution in [1.29, 1.82) is 0 Å². The van der Waals surface area contributed by atoms with E-state index in [1.54, 1.807) is 30.5 Å². The molecule has 26 heavy (non-hydrogen) atoms. The normalized spacial score (nSPS) is 14.9. The number of carbonyl (C=O) groups excluding carboxylic acids is 2. The number of hydrogen-bond donors (Lipinski definition) is 1. The highest BCUT2D eigenvalue weighted by atomic mass is 16.2. The molecule has 1 N–H and O–H groups in total. The molecule has 0 saturated carbocycles. The minimum absolute atomic E-state index is 0.0289. The molecule has 136 valence electrons. The number of carbonyl (C=O) groups is 2. The van der Waals surface area contributed by atoms with E-state index in [0.717, 1.165) is 38.4 Å². The van der Waals surface area contributed by atoms with Gasteiger partial charge in [-0.3, -0.25) is 14.6 Å². The molecule has 1 fully saturated rings. The van der Waals surface area contributed by atoms with Gasteiger partial charge in [-0.15, -0.1) is 0 Å². The second kappa shape index (κ2) is 8.58. The van der Waals surface area contributed by atoms with Gasteiger partial charge in [0.2, 0.25) is 0 Å². The zero-order chi connectivity index (χ0) is 18.4. The Hall–Kier alpha value is -2.73. The van der Waals surface area contributed by atoms with E-state index in [1.807, 2.05) is 23.1 Å². The number of pyridine rings is 1. The topological polar surface area (TPSA) is 65.5 Å². The van der Waals surface area contributed by atoms with Crippen LogP contribution in [0.2, 0.25) is 0 Å².